The van der Waals surface area contributed by atoms with Crippen molar-refractivity contribution in [3.8, 4) is 12.3 Å². The summed E-state index contributed by atoms with van der Waals surface area (Å²) < 4.78 is 10.5. The topological polar surface area (TPSA) is 43.1 Å². The standard InChI is InChI=1S/C5H9NOS/c1-2-4-8(7)5-3-6/h1H,3-6H2. The molecule has 0 amide bonds. The Kier molecular flexibility index (Phi) is 4.62. The van der Waals surface area contributed by atoms with Gasteiger partial charge >= 0.3 is 0 Å². The smallest absolute Gasteiger partial charge is 0.0845 e. The maximum atomic E-state index is 10.5. The highest BCUT2D eigenvalue weighted by Crippen LogP contribution is 1.75. The molecular weight excluding hydrogens is 122 g/mol. The van der Waals surface area contributed by atoms with Crippen molar-refractivity contribution in [1.82, 2.24) is 0 Å². The van der Waals surface area contributed by atoms with E-state index in [4.69, 9.17) is 12.2 Å². The molecule has 0 rings (SSSR count). The summed E-state index contributed by atoms with van der Waals surface area (Å²) >= 11 is 0. The Balaban J connectivity index is 3.23. The van der Waals surface area contributed by atoms with Crippen LogP contribution in [0, 0.1) is 12.3 Å². The van der Waals surface area contributed by atoms with Crippen molar-refractivity contribution in [3.05, 3.63) is 0 Å². The van der Waals surface area contributed by atoms with Gasteiger partial charge in [-0.1, -0.05) is 5.92 Å². The van der Waals surface area contributed by atoms with E-state index in [0.29, 0.717) is 18.1 Å². The monoisotopic (exact) mass is 131 g/mol. The molecule has 0 saturated carbocycles. The van der Waals surface area contributed by atoms with Gasteiger partial charge in [-0.2, -0.15) is 0 Å². The fraction of sp³-hybridized carbons (Fsp3) is 0.600. The molecule has 1 atom stereocenters. The van der Waals surface area contributed by atoms with Gasteiger partial charge in [-0.05, 0) is 0 Å². The minimum Gasteiger partial charge on any atom is -0.330 e. The van der Waals surface area contributed by atoms with Gasteiger partial charge < -0.3 is 5.73 Å². The lowest BCUT2D eigenvalue weighted by Crippen LogP contribution is -2.11. The third kappa shape index (κ3) is 3.85. The lowest BCUT2D eigenvalue weighted by atomic mass is 10.8. The molecule has 0 bridgehead atoms. The highest BCUT2D eigenvalue weighted by Gasteiger charge is 1.91. The van der Waals surface area contributed by atoms with Crippen LogP contribution in [-0.4, -0.2) is 22.3 Å². The zero-order valence-electron chi connectivity index (χ0n) is 4.59. The summed E-state index contributed by atoms with van der Waals surface area (Å²) in [6.45, 7) is 0.453. The second-order valence-corrected chi connectivity index (χ2v) is 2.86. The molecule has 0 aromatic heterocycles. The molecule has 0 aliphatic rings. The van der Waals surface area contributed by atoms with Crippen LogP contribution < -0.4 is 5.73 Å². The molecule has 0 fully saturated rings. The first-order valence-electron chi connectivity index (χ1n) is 2.29. The molecule has 3 heteroatoms. The molecule has 0 spiro atoms. The van der Waals surface area contributed by atoms with E-state index in [2.05, 4.69) is 5.92 Å². The Hall–Kier alpha value is -0.330. The van der Waals surface area contributed by atoms with Crippen LogP contribution in [0.5, 0.6) is 0 Å². The van der Waals surface area contributed by atoms with E-state index in [1.165, 1.54) is 0 Å². The van der Waals surface area contributed by atoms with Gasteiger partial charge in [-0.15, -0.1) is 6.42 Å². The first kappa shape index (κ1) is 7.67. The largest absolute Gasteiger partial charge is 0.330 e. The molecule has 0 aliphatic carbocycles. The fourth-order valence-corrected chi connectivity index (χ4v) is 0.890. The van der Waals surface area contributed by atoms with Crippen LogP contribution in [0.4, 0.5) is 0 Å². The van der Waals surface area contributed by atoms with Crippen LogP contribution in [0.3, 0.4) is 0 Å². The summed E-state index contributed by atoms with van der Waals surface area (Å²) in [7, 11) is -0.881. The summed E-state index contributed by atoms with van der Waals surface area (Å²) in [5.74, 6) is 3.15. The predicted molar refractivity (Wildman–Crippen MR) is 35.8 cm³/mol. The number of hydrogen-bond donors (Lipinski definition) is 1. The van der Waals surface area contributed by atoms with E-state index >= 15 is 0 Å². The first-order chi connectivity index (χ1) is 3.81. The third-order valence-corrected chi connectivity index (χ3v) is 1.77. The van der Waals surface area contributed by atoms with E-state index < -0.39 is 10.8 Å². The third-order valence-electron chi connectivity index (χ3n) is 0.590. The average Bonchev–Trinajstić information content (AvgIpc) is 1.68. The molecule has 0 aliphatic heterocycles. The quantitative estimate of drug-likeness (QED) is 0.516. The van der Waals surface area contributed by atoms with Gasteiger partial charge in [0.1, 0.15) is 0 Å². The van der Waals surface area contributed by atoms with Crippen molar-refractivity contribution < 1.29 is 4.21 Å². The molecular formula is C5H9NOS. The van der Waals surface area contributed by atoms with Gasteiger partial charge in [0.25, 0.3) is 0 Å². The summed E-state index contributed by atoms with van der Waals surface area (Å²) in [5.41, 5.74) is 5.10. The lowest BCUT2D eigenvalue weighted by Gasteiger charge is -1.89. The molecule has 2 nitrogen and oxygen atoms in total. The Morgan fingerprint density at radius 1 is 1.75 bits per heavy atom. The van der Waals surface area contributed by atoms with Crippen LogP contribution in [0.25, 0.3) is 0 Å². The summed E-state index contributed by atoms with van der Waals surface area (Å²) in [4.78, 5) is 0. The molecule has 0 saturated heterocycles. The van der Waals surface area contributed by atoms with Crippen LogP contribution in [-0.2, 0) is 10.8 Å². The second-order valence-electron chi connectivity index (χ2n) is 1.28. The highest BCUT2D eigenvalue weighted by molar-refractivity contribution is 7.85. The van der Waals surface area contributed by atoms with Gasteiger partial charge in [0.15, 0.2) is 0 Å². The van der Waals surface area contributed by atoms with Crippen molar-refractivity contribution in [2.24, 2.45) is 5.73 Å². The van der Waals surface area contributed by atoms with Crippen LogP contribution in [0.15, 0.2) is 0 Å². The number of terminal acetylenes is 1. The summed E-state index contributed by atoms with van der Waals surface area (Å²) in [6, 6.07) is 0. The molecule has 1 unspecified atom stereocenters. The minimum atomic E-state index is -0.881. The number of rotatable bonds is 3. The van der Waals surface area contributed by atoms with E-state index in [1.54, 1.807) is 0 Å². The Labute approximate surface area is 51.9 Å². The number of hydrogen-bond acceptors (Lipinski definition) is 2. The van der Waals surface area contributed by atoms with Gasteiger partial charge in [-0.25, -0.2) is 0 Å². The maximum Gasteiger partial charge on any atom is 0.0845 e. The van der Waals surface area contributed by atoms with Gasteiger partial charge in [0.2, 0.25) is 0 Å². The zero-order chi connectivity index (χ0) is 6.41. The maximum absolute atomic E-state index is 10.5. The van der Waals surface area contributed by atoms with Crippen molar-refractivity contribution in [2.75, 3.05) is 18.1 Å². The van der Waals surface area contributed by atoms with Crippen molar-refractivity contribution >= 4 is 10.8 Å². The zero-order valence-corrected chi connectivity index (χ0v) is 5.41. The molecule has 0 aromatic carbocycles. The Morgan fingerprint density at radius 2 is 2.38 bits per heavy atom. The predicted octanol–water partition coefficient (Wildman–Crippen LogP) is -0.673. The first-order valence-corrected chi connectivity index (χ1v) is 3.78. The van der Waals surface area contributed by atoms with E-state index in [1.807, 2.05) is 0 Å². The van der Waals surface area contributed by atoms with E-state index in [-0.39, 0.29) is 0 Å². The number of nitrogens with two attached hydrogens (primary N) is 1. The molecule has 0 heterocycles. The Morgan fingerprint density at radius 3 is 2.75 bits per heavy atom. The average molecular weight is 131 g/mol. The fourth-order valence-electron chi connectivity index (χ4n) is 0.297. The second kappa shape index (κ2) is 4.82. The van der Waals surface area contributed by atoms with Gasteiger partial charge in [0, 0.05) is 23.1 Å². The normalized spacial score (nSPS) is 12.5. The molecule has 46 valence electrons. The van der Waals surface area contributed by atoms with Crippen molar-refractivity contribution in [1.29, 1.82) is 0 Å². The van der Waals surface area contributed by atoms with Crippen molar-refractivity contribution in [2.45, 2.75) is 0 Å². The van der Waals surface area contributed by atoms with Crippen molar-refractivity contribution in [3.63, 3.8) is 0 Å². The van der Waals surface area contributed by atoms with Crippen LogP contribution in [0.2, 0.25) is 0 Å². The van der Waals surface area contributed by atoms with E-state index in [0.717, 1.165) is 0 Å². The summed E-state index contributed by atoms with van der Waals surface area (Å²) in [5, 5.41) is 0. The van der Waals surface area contributed by atoms with Crippen LogP contribution in [0.1, 0.15) is 0 Å². The van der Waals surface area contributed by atoms with Crippen LogP contribution >= 0.6 is 0 Å². The van der Waals surface area contributed by atoms with E-state index in [9.17, 15) is 4.21 Å². The minimum absolute atomic E-state index is 0.331. The molecule has 0 aromatic rings. The van der Waals surface area contributed by atoms with Gasteiger partial charge in [0.05, 0.1) is 5.75 Å². The molecule has 8 heavy (non-hydrogen) atoms. The highest BCUT2D eigenvalue weighted by atomic mass is 32.2. The SMILES string of the molecule is C#CCS(=O)CCN. The summed E-state index contributed by atoms with van der Waals surface area (Å²) in [6.07, 6.45) is 4.88. The Bertz CT molecular complexity index is 116. The molecule has 2 N–H and O–H groups in total. The molecule has 0 radical (unpaired) electrons. The van der Waals surface area contributed by atoms with Gasteiger partial charge in [-0.3, -0.25) is 4.21 Å². The lowest BCUT2D eigenvalue weighted by molar-refractivity contribution is 0.685.